The van der Waals surface area contributed by atoms with Gasteiger partial charge in [-0.15, -0.1) is 10.2 Å². The van der Waals surface area contributed by atoms with Crippen molar-refractivity contribution in [3.63, 3.8) is 0 Å². The maximum Gasteiger partial charge on any atom is 0.231 e. The second kappa shape index (κ2) is 6.67. The number of nitrogens with zero attached hydrogens (tertiary/aromatic N) is 4. The number of phenolic OH excluding ortho intramolecular Hbond substituents is 1. The highest BCUT2D eigenvalue weighted by atomic mass is 35.5. The van der Waals surface area contributed by atoms with Crippen molar-refractivity contribution in [3.8, 4) is 5.75 Å². The van der Waals surface area contributed by atoms with E-state index in [1.54, 1.807) is 12.1 Å². The lowest BCUT2D eigenvalue weighted by Crippen LogP contribution is -2.21. The van der Waals surface area contributed by atoms with Crippen molar-refractivity contribution in [1.29, 1.82) is 0 Å². The Hall–Kier alpha value is -1.66. The summed E-state index contributed by atoms with van der Waals surface area (Å²) < 4.78 is 0.556. The minimum absolute atomic E-state index is 0.0980. The summed E-state index contributed by atoms with van der Waals surface area (Å²) in [5, 5.41) is 18.4. The Labute approximate surface area is 126 Å². The van der Waals surface area contributed by atoms with Crippen molar-refractivity contribution in [2.75, 3.05) is 18.0 Å². The van der Waals surface area contributed by atoms with Gasteiger partial charge in [-0.25, -0.2) is 4.98 Å². The van der Waals surface area contributed by atoms with Crippen LogP contribution in [0.5, 0.6) is 5.75 Å². The van der Waals surface area contributed by atoms with Crippen LogP contribution in [0.2, 0.25) is 4.34 Å². The summed E-state index contributed by atoms with van der Waals surface area (Å²) in [6, 6.07) is 5.34. The fourth-order valence-corrected chi connectivity index (χ4v) is 2.49. The summed E-state index contributed by atoms with van der Waals surface area (Å²) in [6.07, 6.45) is 1.52. The Morgan fingerprint density at radius 2 is 2.05 bits per heavy atom. The Balaban J connectivity index is 2.19. The van der Waals surface area contributed by atoms with Gasteiger partial charge in [0, 0.05) is 24.8 Å². The number of hydrogen-bond acceptors (Lipinski definition) is 6. The molecule has 7 heteroatoms. The van der Waals surface area contributed by atoms with E-state index in [1.807, 2.05) is 6.07 Å². The van der Waals surface area contributed by atoms with Gasteiger partial charge in [0.1, 0.15) is 15.8 Å². The zero-order valence-corrected chi connectivity index (χ0v) is 12.8. The van der Waals surface area contributed by atoms with Crippen LogP contribution < -0.4 is 4.90 Å². The van der Waals surface area contributed by atoms with Gasteiger partial charge in [-0.2, -0.15) is 0 Å². The molecule has 0 atom stereocenters. The van der Waals surface area contributed by atoms with Gasteiger partial charge in [0.05, 0.1) is 6.20 Å². The zero-order valence-electron chi connectivity index (χ0n) is 11.2. The van der Waals surface area contributed by atoms with Crippen LogP contribution in [0.25, 0.3) is 0 Å². The van der Waals surface area contributed by atoms with E-state index in [0.717, 1.165) is 18.8 Å². The third-order valence-electron chi connectivity index (χ3n) is 2.80. The molecule has 20 heavy (non-hydrogen) atoms. The Bertz CT molecular complexity index is 610. The van der Waals surface area contributed by atoms with E-state index in [0.29, 0.717) is 15.2 Å². The highest BCUT2D eigenvalue weighted by Crippen LogP contribution is 2.33. The summed E-state index contributed by atoms with van der Waals surface area (Å²) in [4.78, 5) is 6.11. The average molecular weight is 311 g/mol. The molecule has 0 radical (unpaired) electrons. The Morgan fingerprint density at radius 1 is 1.30 bits per heavy atom. The summed E-state index contributed by atoms with van der Waals surface area (Å²) in [6.45, 7) is 5.91. The lowest BCUT2D eigenvalue weighted by Gasteiger charge is -2.21. The van der Waals surface area contributed by atoms with Crippen molar-refractivity contribution >= 4 is 39.4 Å². The normalized spacial score (nSPS) is 11.2. The molecule has 106 valence electrons. The SMILES string of the molecule is CCN(CC)c1ccc(N=Nc2ncc(Cl)s2)c(O)c1. The standard InChI is InChI=1S/C13H15ClN4OS/c1-3-18(4-2)9-5-6-10(11(19)7-9)16-17-13-15-8-12(14)20-13/h5-8,19H,3-4H2,1-2H3. The number of thiazole rings is 1. The lowest BCUT2D eigenvalue weighted by molar-refractivity contribution is 0.476. The number of azo groups is 1. The summed E-state index contributed by atoms with van der Waals surface area (Å²) >= 11 is 6.99. The molecule has 0 bridgehead atoms. The minimum atomic E-state index is 0.0980. The van der Waals surface area contributed by atoms with Crippen LogP contribution in [-0.4, -0.2) is 23.2 Å². The summed E-state index contributed by atoms with van der Waals surface area (Å²) in [5.74, 6) is 0.0980. The van der Waals surface area contributed by atoms with Crippen LogP contribution in [0, 0.1) is 0 Å². The zero-order chi connectivity index (χ0) is 14.5. The molecule has 2 rings (SSSR count). The van der Waals surface area contributed by atoms with Crippen molar-refractivity contribution in [2.45, 2.75) is 13.8 Å². The van der Waals surface area contributed by atoms with Crippen LogP contribution in [0.4, 0.5) is 16.5 Å². The maximum atomic E-state index is 9.99. The van der Waals surface area contributed by atoms with E-state index in [1.165, 1.54) is 17.5 Å². The fraction of sp³-hybridized carbons (Fsp3) is 0.308. The topological polar surface area (TPSA) is 61.1 Å². The number of anilines is 1. The molecule has 1 aromatic carbocycles. The smallest absolute Gasteiger partial charge is 0.231 e. The number of aromatic hydroxyl groups is 1. The number of phenols is 1. The monoisotopic (exact) mass is 310 g/mol. The van der Waals surface area contributed by atoms with Gasteiger partial charge in [-0.1, -0.05) is 22.9 Å². The Morgan fingerprint density at radius 3 is 2.60 bits per heavy atom. The number of aromatic nitrogens is 1. The van der Waals surface area contributed by atoms with Crippen molar-refractivity contribution < 1.29 is 5.11 Å². The molecule has 0 fully saturated rings. The van der Waals surface area contributed by atoms with E-state index >= 15 is 0 Å². The quantitative estimate of drug-likeness (QED) is 0.810. The number of benzene rings is 1. The molecular formula is C13H15ClN4OS. The van der Waals surface area contributed by atoms with E-state index in [4.69, 9.17) is 11.6 Å². The molecule has 5 nitrogen and oxygen atoms in total. The molecule has 0 aliphatic rings. The second-order valence-corrected chi connectivity index (χ2v) is 5.63. The van der Waals surface area contributed by atoms with Gasteiger partial charge in [0.15, 0.2) is 0 Å². The van der Waals surface area contributed by atoms with Crippen LogP contribution in [-0.2, 0) is 0 Å². The van der Waals surface area contributed by atoms with Gasteiger partial charge < -0.3 is 10.0 Å². The molecule has 0 saturated carbocycles. The van der Waals surface area contributed by atoms with E-state index in [-0.39, 0.29) is 5.75 Å². The molecule has 0 unspecified atom stereocenters. The molecule has 0 aliphatic heterocycles. The van der Waals surface area contributed by atoms with Gasteiger partial charge >= 0.3 is 0 Å². The second-order valence-electron chi connectivity index (χ2n) is 3.99. The van der Waals surface area contributed by atoms with Crippen molar-refractivity contribution in [3.05, 3.63) is 28.7 Å². The highest BCUT2D eigenvalue weighted by Gasteiger charge is 2.06. The van der Waals surface area contributed by atoms with Crippen LogP contribution in [0.1, 0.15) is 13.8 Å². The van der Waals surface area contributed by atoms with Crippen molar-refractivity contribution in [2.24, 2.45) is 10.2 Å². The number of halogens is 1. The first-order valence-corrected chi connectivity index (χ1v) is 7.44. The average Bonchev–Trinajstić information content (AvgIpc) is 2.85. The van der Waals surface area contributed by atoms with Crippen molar-refractivity contribution in [1.82, 2.24) is 4.98 Å². The molecule has 1 aromatic heterocycles. The molecule has 0 saturated heterocycles. The maximum absolute atomic E-state index is 9.99. The third-order valence-corrected chi connectivity index (χ3v) is 3.80. The highest BCUT2D eigenvalue weighted by molar-refractivity contribution is 7.19. The van der Waals surface area contributed by atoms with E-state index in [9.17, 15) is 5.11 Å². The largest absolute Gasteiger partial charge is 0.506 e. The first-order chi connectivity index (χ1) is 9.63. The van der Waals surface area contributed by atoms with E-state index < -0.39 is 0 Å². The van der Waals surface area contributed by atoms with Gasteiger partial charge in [0.25, 0.3) is 0 Å². The number of hydrogen-bond donors (Lipinski definition) is 1. The predicted molar refractivity (Wildman–Crippen MR) is 83.0 cm³/mol. The number of rotatable bonds is 5. The molecular weight excluding hydrogens is 296 g/mol. The van der Waals surface area contributed by atoms with Gasteiger partial charge in [-0.05, 0) is 26.0 Å². The molecule has 1 heterocycles. The molecule has 2 aromatic rings. The van der Waals surface area contributed by atoms with E-state index in [2.05, 4.69) is 34.0 Å². The first-order valence-electron chi connectivity index (χ1n) is 6.25. The van der Waals surface area contributed by atoms with Crippen LogP contribution in [0.15, 0.2) is 34.6 Å². The lowest BCUT2D eigenvalue weighted by atomic mass is 10.2. The van der Waals surface area contributed by atoms with Gasteiger partial charge in [0.2, 0.25) is 5.13 Å². The summed E-state index contributed by atoms with van der Waals surface area (Å²) in [5.41, 5.74) is 1.37. The third kappa shape index (κ3) is 3.46. The molecule has 0 aliphatic carbocycles. The Kier molecular flexibility index (Phi) is 4.92. The van der Waals surface area contributed by atoms with Crippen LogP contribution >= 0.6 is 22.9 Å². The first kappa shape index (κ1) is 14.7. The minimum Gasteiger partial charge on any atom is -0.506 e. The van der Waals surface area contributed by atoms with Gasteiger partial charge in [-0.3, -0.25) is 0 Å². The molecule has 0 spiro atoms. The fourth-order valence-electron chi connectivity index (χ4n) is 1.77. The predicted octanol–water partition coefficient (Wildman–Crippen LogP) is 4.76. The van der Waals surface area contributed by atoms with Crippen LogP contribution in [0.3, 0.4) is 0 Å². The summed E-state index contributed by atoms with van der Waals surface area (Å²) in [7, 11) is 0. The molecule has 0 amide bonds. The molecule has 1 N–H and O–H groups in total.